The Kier molecular flexibility index (Phi) is 6.15. The summed E-state index contributed by atoms with van der Waals surface area (Å²) in [5, 5.41) is 2.89. The number of hydrogen-bond donors (Lipinski definition) is 2. The van der Waals surface area contributed by atoms with E-state index >= 15 is 0 Å². The summed E-state index contributed by atoms with van der Waals surface area (Å²) < 4.78 is 45.4. The molecule has 0 bridgehead atoms. The van der Waals surface area contributed by atoms with E-state index in [0.717, 1.165) is 6.20 Å². The molecular formula is C23H30F3N5O3. The van der Waals surface area contributed by atoms with E-state index in [1.54, 1.807) is 32.6 Å². The maximum atomic E-state index is 13.4. The number of aromatic nitrogens is 2. The SMILES string of the molecule is Cc1cc2c(C(F)(F)F)cnc(N3CCN(C(=O)C4CC(NC(=O)OC(C)(C)C)C4)CC3)c2[nH]1. The van der Waals surface area contributed by atoms with Gasteiger partial charge in [0, 0.05) is 55.4 Å². The number of aromatic amines is 1. The largest absolute Gasteiger partial charge is 0.444 e. The summed E-state index contributed by atoms with van der Waals surface area (Å²) >= 11 is 0. The molecule has 2 N–H and O–H groups in total. The van der Waals surface area contributed by atoms with Gasteiger partial charge in [0.15, 0.2) is 5.82 Å². The van der Waals surface area contributed by atoms with Gasteiger partial charge < -0.3 is 24.8 Å². The molecular weight excluding hydrogens is 451 g/mol. The van der Waals surface area contributed by atoms with Crippen LogP contribution in [0.5, 0.6) is 0 Å². The summed E-state index contributed by atoms with van der Waals surface area (Å²) in [6.07, 6.45) is -2.94. The van der Waals surface area contributed by atoms with Crippen LogP contribution in [0.4, 0.5) is 23.8 Å². The minimum Gasteiger partial charge on any atom is -0.444 e. The maximum Gasteiger partial charge on any atom is 0.418 e. The first-order chi connectivity index (χ1) is 15.8. The number of anilines is 1. The number of alkyl halides is 3. The lowest BCUT2D eigenvalue weighted by atomic mass is 9.79. The van der Waals surface area contributed by atoms with Crippen molar-refractivity contribution >= 4 is 28.7 Å². The first-order valence-electron chi connectivity index (χ1n) is 11.4. The number of carbonyl (C=O) groups excluding carboxylic acids is 2. The molecule has 1 saturated heterocycles. The number of alkyl carbamates (subject to hydrolysis) is 1. The molecule has 186 valence electrons. The highest BCUT2D eigenvalue weighted by Crippen LogP contribution is 2.38. The smallest absolute Gasteiger partial charge is 0.418 e. The number of aryl methyl sites for hydroxylation is 1. The fraction of sp³-hybridized carbons (Fsp3) is 0.609. The van der Waals surface area contributed by atoms with Gasteiger partial charge in [-0.2, -0.15) is 13.2 Å². The Hall–Kier alpha value is -2.98. The first-order valence-corrected chi connectivity index (χ1v) is 11.4. The highest BCUT2D eigenvalue weighted by molar-refractivity contribution is 5.93. The van der Waals surface area contributed by atoms with Crippen LogP contribution in [0.3, 0.4) is 0 Å². The molecule has 4 rings (SSSR count). The zero-order chi connectivity index (χ0) is 24.8. The number of ether oxygens (including phenoxy) is 1. The molecule has 3 heterocycles. The number of hydrogen-bond acceptors (Lipinski definition) is 5. The van der Waals surface area contributed by atoms with Gasteiger partial charge >= 0.3 is 12.3 Å². The van der Waals surface area contributed by atoms with Crippen molar-refractivity contribution in [2.75, 3.05) is 31.1 Å². The summed E-state index contributed by atoms with van der Waals surface area (Å²) in [4.78, 5) is 35.6. The van der Waals surface area contributed by atoms with E-state index in [0.29, 0.717) is 56.0 Å². The van der Waals surface area contributed by atoms with Crippen molar-refractivity contribution < 1.29 is 27.5 Å². The molecule has 0 atom stereocenters. The lowest BCUT2D eigenvalue weighted by Crippen LogP contribution is -2.55. The molecule has 0 unspecified atom stereocenters. The van der Waals surface area contributed by atoms with Crippen molar-refractivity contribution in [2.24, 2.45) is 5.92 Å². The molecule has 2 aromatic heterocycles. The highest BCUT2D eigenvalue weighted by atomic mass is 19.4. The third-order valence-corrected chi connectivity index (χ3v) is 6.19. The summed E-state index contributed by atoms with van der Waals surface area (Å²) in [5.74, 6) is 0.366. The van der Waals surface area contributed by atoms with E-state index < -0.39 is 23.4 Å². The van der Waals surface area contributed by atoms with E-state index in [-0.39, 0.29) is 23.3 Å². The number of nitrogens with one attached hydrogen (secondary N) is 2. The molecule has 2 fully saturated rings. The van der Waals surface area contributed by atoms with Crippen molar-refractivity contribution in [2.45, 2.75) is 58.4 Å². The van der Waals surface area contributed by atoms with Crippen molar-refractivity contribution in [3.63, 3.8) is 0 Å². The van der Waals surface area contributed by atoms with Gasteiger partial charge in [0.25, 0.3) is 0 Å². The van der Waals surface area contributed by atoms with E-state index in [9.17, 15) is 22.8 Å². The van der Waals surface area contributed by atoms with E-state index in [1.165, 1.54) is 6.07 Å². The Morgan fingerprint density at radius 2 is 1.79 bits per heavy atom. The number of piperazine rings is 1. The Morgan fingerprint density at radius 1 is 1.15 bits per heavy atom. The number of amides is 2. The number of carbonyl (C=O) groups is 2. The third kappa shape index (κ3) is 5.07. The van der Waals surface area contributed by atoms with Gasteiger partial charge in [0.1, 0.15) is 5.60 Å². The van der Waals surface area contributed by atoms with E-state index in [2.05, 4.69) is 15.3 Å². The van der Waals surface area contributed by atoms with Gasteiger partial charge in [-0.05, 0) is 46.6 Å². The summed E-state index contributed by atoms with van der Waals surface area (Å²) in [6, 6.07) is 1.41. The Balaban J connectivity index is 1.33. The van der Waals surface area contributed by atoms with Gasteiger partial charge in [-0.15, -0.1) is 0 Å². The van der Waals surface area contributed by atoms with Crippen molar-refractivity contribution in [1.29, 1.82) is 0 Å². The van der Waals surface area contributed by atoms with Crippen LogP contribution in [0, 0.1) is 12.8 Å². The van der Waals surface area contributed by atoms with Crippen LogP contribution in [-0.2, 0) is 15.7 Å². The monoisotopic (exact) mass is 481 g/mol. The van der Waals surface area contributed by atoms with Crippen LogP contribution in [0.2, 0.25) is 0 Å². The number of rotatable bonds is 3. The number of H-pyrrole nitrogens is 1. The second kappa shape index (κ2) is 8.66. The molecule has 8 nitrogen and oxygen atoms in total. The normalized spacial score (nSPS) is 21.4. The van der Waals surface area contributed by atoms with Gasteiger partial charge in [0.05, 0.1) is 11.1 Å². The quantitative estimate of drug-likeness (QED) is 0.695. The molecule has 2 amide bonds. The predicted molar refractivity (Wildman–Crippen MR) is 121 cm³/mol. The summed E-state index contributed by atoms with van der Waals surface area (Å²) in [6.45, 7) is 8.97. The topological polar surface area (TPSA) is 90.6 Å². The molecule has 1 saturated carbocycles. The lowest BCUT2D eigenvalue weighted by molar-refractivity contribution is -0.139. The summed E-state index contributed by atoms with van der Waals surface area (Å²) in [5.41, 5.74) is -0.344. The highest BCUT2D eigenvalue weighted by Gasteiger charge is 2.39. The number of pyridine rings is 1. The first kappa shape index (κ1) is 24.2. The minimum absolute atomic E-state index is 0.0446. The van der Waals surface area contributed by atoms with E-state index in [4.69, 9.17) is 4.74 Å². The average Bonchev–Trinajstić information content (AvgIpc) is 3.08. The van der Waals surface area contributed by atoms with Gasteiger partial charge in [-0.1, -0.05) is 0 Å². The fourth-order valence-corrected chi connectivity index (χ4v) is 4.51. The van der Waals surface area contributed by atoms with Crippen LogP contribution in [0.25, 0.3) is 10.9 Å². The molecule has 2 aromatic rings. The Morgan fingerprint density at radius 3 is 2.38 bits per heavy atom. The van der Waals surface area contributed by atoms with Crippen LogP contribution >= 0.6 is 0 Å². The van der Waals surface area contributed by atoms with E-state index in [1.807, 2.05) is 4.90 Å². The van der Waals surface area contributed by atoms with Gasteiger partial charge in [-0.3, -0.25) is 4.79 Å². The zero-order valence-corrected chi connectivity index (χ0v) is 19.8. The Bertz CT molecular complexity index is 1080. The summed E-state index contributed by atoms with van der Waals surface area (Å²) in [7, 11) is 0. The van der Waals surface area contributed by atoms with Crippen molar-refractivity contribution in [3.05, 3.63) is 23.5 Å². The second-order valence-corrected chi connectivity index (χ2v) is 10.1. The second-order valence-electron chi connectivity index (χ2n) is 10.1. The van der Waals surface area contributed by atoms with Crippen molar-refractivity contribution in [3.8, 4) is 0 Å². The molecule has 0 aromatic carbocycles. The molecule has 1 aliphatic carbocycles. The average molecular weight is 482 g/mol. The van der Waals surface area contributed by atoms with Crippen LogP contribution < -0.4 is 10.2 Å². The third-order valence-electron chi connectivity index (χ3n) is 6.19. The number of nitrogens with zero attached hydrogens (tertiary/aromatic N) is 3. The molecule has 2 aliphatic rings. The minimum atomic E-state index is -4.48. The maximum absolute atomic E-state index is 13.4. The molecule has 1 aliphatic heterocycles. The van der Waals surface area contributed by atoms with Crippen molar-refractivity contribution in [1.82, 2.24) is 20.2 Å². The van der Waals surface area contributed by atoms with Crippen LogP contribution in [0.15, 0.2) is 12.3 Å². The van der Waals surface area contributed by atoms with Gasteiger partial charge in [0.2, 0.25) is 5.91 Å². The molecule has 0 spiro atoms. The zero-order valence-electron chi connectivity index (χ0n) is 19.8. The molecule has 34 heavy (non-hydrogen) atoms. The number of fused-ring (bicyclic) bond motifs is 1. The molecule has 11 heteroatoms. The number of halogens is 3. The molecule has 0 radical (unpaired) electrons. The lowest BCUT2D eigenvalue weighted by Gasteiger charge is -2.41. The van der Waals surface area contributed by atoms with Gasteiger partial charge in [-0.25, -0.2) is 9.78 Å². The predicted octanol–water partition coefficient (Wildman–Crippen LogP) is 3.84. The Labute approximate surface area is 195 Å². The standard InChI is InChI=1S/C23H30F3N5O3/c1-13-9-16-17(23(24,25)26)12-27-19(18(16)28-13)30-5-7-31(8-6-30)20(32)14-10-15(11-14)29-21(33)34-22(2,3)4/h9,12,14-15,28H,5-8,10-11H2,1-4H3,(H,29,33). The van der Waals surface area contributed by atoms with Crippen LogP contribution in [0.1, 0.15) is 44.9 Å². The van der Waals surface area contributed by atoms with Crippen LogP contribution in [-0.4, -0.2) is 64.7 Å². The fourth-order valence-electron chi connectivity index (χ4n) is 4.51.